The molecule has 0 amide bonds. The van der Waals surface area contributed by atoms with Gasteiger partial charge in [-0.25, -0.2) is 17.2 Å². The van der Waals surface area contributed by atoms with Crippen molar-refractivity contribution < 1.29 is 21.9 Å². The van der Waals surface area contributed by atoms with E-state index in [9.17, 15) is 17.2 Å². The van der Waals surface area contributed by atoms with Crippen molar-refractivity contribution in [2.75, 3.05) is 32.7 Å². The molecule has 5 nitrogen and oxygen atoms in total. The first kappa shape index (κ1) is 26.0. The number of sulfonamides is 1. The molecule has 35 heavy (non-hydrogen) atoms. The van der Waals surface area contributed by atoms with E-state index in [2.05, 4.69) is 4.90 Å². The third-order valence-electron chi connectivity index (χ3n) is 5.92. The standard InChI is InChI=1S/C25H24Cl2F2N2O3S/c26-19-9-7-18(8-10-19)25(34-17-22-23(28)5-2-6-24(22)29)16-30-11-13-31(14-12-30)35(32,33)21-4-1-3-20(27)15-21/h1-10,15,25H,11-14,16-17H2. The van der Waals surface area contributed by atoms with Crippen molar-refractivity contribution in [2.45, 2.75) is 17.6 Å². The Balaban J connectivity index is 1.44. The number of ether oxygens (including phenoxy) is 1. The summed E-state index contributed by atoms with van der Waals surface area (Å²) in [5.41, 5.74) is 0.670. The van der Waals surface area contributed by atoms with Crippen LogP contribution in [0.25, 0.3) is 0 Å². The minimum absolute atomic E-state index is 0.135. The molecule has 1 unspecified atom stereocenters. The predicted octanol–water partition coefficient (Wildman–Crippen LogP) is 5.54. The molecule has 1 saturated heterocycles. The number of hydrogen-bond acceptors (Lipinski definition) is 4. The summed E-state index contributed by atoms with van der Waals surface area (Å²) in [6, 6.07) is 17.0. The Kier molecular flexibility index (Phi) is 8.42. The van der Waals surface area contributed by atoms with Crippen LogP contribution in [0.5, 0.6) is 0 Å². The van der Waals surface area contributed by atoms with E-state index >= 15 is 0 Å². The zero-order valence-corrected chi connectivity index (χ0v) is 21.0. The average Bonchev–Trinajstić information content (AvgIpc) is 2.84. The third kappa shape index (κ3) is 6.39. The first-order chi connectivity index (χ1) is 16.7. The third-order valence-corrected chi connectivity index (χ3v) is 8.30. The maximum Gasteiger partial charge on any atom is 0.243 e. The lowest BCUT2D eigenvalue weighted by Gasteiger charge is -2.36. The molecule has 4 rings (SSSR count). The van der Waals surface area contributed by atoms with Crippen LogP contribution in [0.3, 0.4) is 0 Å². The molecule has 10 heteroatoms. The zero-order valence-electron chi connectivity index (χ0n) is 18.7. The van der Waals surface area contributed by atoms with E-state index in [0.717, 1.165) is 5.56 Å². The molecule has 186 valence electrons. The molecule has 0 saturated carbocycles. The summed E-state index contributed by atoms with van der Waals surface area (Å²) in [6.45, 7) is 1.72. The molecule has 0 spiro atoms. The Bertz CT molecular complexity index is 1250. The molecule has 1 heterocycles. The molecule has 3 aromatic rings. The summed E-state index contributed by atoms with van der Waals surface area (Å²) in [6.07, 6.45) is -0.498. The van der Waals surface area contributed by atoms with Gasteiger partial charge >= 0.3 is 0 Å². The molecule has 0 radical (unpaired) electrons. The van der Waals surface area contributed by atoms with Gasteiger partial charge in [0, 0.05) is 48.3 Å². The lowest BCUT2D eigenvalue weighted by atomic mass is 10.1. The molecule has 0 aromatic heterocycles. The van der Waals surface area contributed by atoms with Gasteiger partial charge in [-0.2, -0.15) is 4.31 Å². The van der Waals surface area contributed by atoms with Gasteiger partial charge in [-0.1, -0.05) is 47.5 Å². The van der Waals surface area contributed by atoms with Gasteiger partial charge in [-0.3, -0.25) is 4.90 Å². The minimum atomic E-state index is -3.66. The Hall–Kier alpha value is -2.07. The Morgan fingerprint density at radius 1 is 0.857 bits per heavy atom. The zero-order chi connectivity index (χ0) is 25.0. The highest BCUT2D eigenvalue weighted by atomic mass is 35.5. The fourth-order valence-corrected chi connectivity index (χ4v) is 5.80. The van der Waals surface area contributed by atoms with Gasteiger partial charge in [-0.05, 0) is 48.0 Å². The maximum atomic E-state index is 14.1. The predicted molar refractivity (Wildman–Crippen MR) is 132 cm³/mol. The van der Waals surface area contributed by atoms with Crippen LogP contribution in [0.1, 0.15) is 17.2 Å². The quantitative estimate of drug-likeness (QED) is 0.376. The van der Waals surface area contributed by atoms with Crippen LogP contribution in [-0.2, 0) is 21.4 Å². The van der Waals surface area contributed by atoms with E-state index in [0.29, 0.717) is 42.8 Å². The second-order valence-electron chi connectivity index (χ2n) is 8.21. The van der Waals surface area contributed by atoms with Crippen LogP contribution in [0, 0.1) is 11.6 Å². The fraction of sp³-hybridized carbons (Fsp3) is 0.280. The molecule has 1 fully saturated rings. The molecular formula is C25H24Cl2F2N2O3S. The van der Waals surface area contributed by atoms with Crippen molar-refractivity contribution in [2.24, 2.45) is 0 Å². The van der Waals surface area contributed by atoms with E-state index in [1.165, 1.54) is 34.6 Å². The van der Waals surface area contributed by atoms with E-state index < -0.39 is 27.8 Å². The van der Waals surface area contributed by atoms with Crippen LogP contribution in [0.2, 0.25) is 10.0 Å². The normalized spacial score (nSPS) is 16.3. The van der Waals surface area contributed by atoms with E-state index in [4.69, 9.17) is 27.9 Å². The molecule has 0 N–H and O–H groups in total. The van der Waals surface area contributed by atoms with Crippen LogP contribution in [0.15, 0.2) is 71.6 Å². The van der Waals surface area contributed by atoms with E-state index in [1.807, 2.05) is 12.1 Å². The van der Waals surface area contributed by atoms with Gasteiger partial charge < -0.3 is 4.74 Å². The van der Waals surface area contributed by atoms with Gasteiger partial charge in [0.05, 0.1) is 17.6 Å². The first-order valence-corrected chi connectivity index (χ1v) is 13.2. The number of benzene rings is 3. The van der Waals surface area contributed by atoms with E-state index in [-0.39, 0.29) is 17.1 Å². The van der Waals surface area contributed by atoms with Crippen molar-refractivity contribution >= 4 is 33.2 Å². The molecule has 0 aliphatic carbocycles. The Morgan fingerprint density at radius 2 is 1.49 bits per heavy atom. The van der Waals surface area contributed by atoms with Gasteiger partial charge in [0.1, 0.15) is 11.6 Å². The van der Waals surface area contributed by atoms with Gasteiger partial charge in [0.25, 0.3) is 0 Å². The van der Waals surface area contributed by atoms with Crippen LogP contribution in [0.4, 0.5) is 8.78 Å². The van der Waals surface area contributed by atoms with Crippen molar-refractivity contribution in [3.05, 3.63) is 99.5 Å². The molecule has 1 aliphatic heterocycles. The highest BCUT2D eigenvalue weighted by molar-refractivity contribution is 7.89. The topological polar surface area (TPSA) is 49.9 Å². The highest BCUT2D eigenvalue weighted by Gasteiger charge is 2.30. The van der Waals surface area contributed by atoms with Crippen molar-refractivity contribution in [3.8, 4) is 0 Å². The minimum Gasteiger partial charge on any atom is -0.367 e. The summed E-state index contributed by atoms with van der Waals surface area (Å²) in [5, 5.41) is 0.923. The molecular weight excluding hydrogens is 517 g/mol. The molecule has 3 aromatic carbocycles. The summed E-state index contributed by atoms with van der Waals surface area (Å²) < 4.78 is 61.6. The number of hydrogen-bond donors (Lipinski definition) is 0. The van der Waals surface area contributed by atoms with Crippen LogP contribution >= 0.6 is 23.2 Å². The smallest absolute Gasteiger partial charge is 0.243 e. The lowest BCUT2D eigenvalue weighted by molar-refractivity contribution is 0.00547. The second-order valence-corrected chi connectivity index (χ2v) is 11.0. The Morgan fingerprint density at radius 3 is 2.11 bits per heavy atom. The molecule has 1 aliphatic rings. The average molecular weight is 541 g/mol. The maximum absolute atomic E-state index is 14.1. The molecule has 1 atom stereocenters. The summed E-state index contributed by atoms with van der Waals surface area (Å²) in [7, 11) is -3.66. The van der Waals surface area contributed by atoms with E-state index in [1.54, 1.807) is 24.3 Å². The van der Waals surface area contributed by atoms with Gasteiger partial charge in [-0.15, -0.1) is 0 Å². The van der Waals surface area contributed by atoms with Crippen molar-refractivity contribution in [1.82, 2.24) is 9.21 Å². The number of halogens is 4. The van der Waals surface area contributed by atoms with Crippen molar-refractivity contribution in [3.63, 3.8) is 0 Å². The number of nitrogens with zero attached hydrogens (tertiary/aromatic N) is 2. The second kappa shape index (κ2) is 11.3. The van der Waals surface area contributed by atoms with Crippen molar-refractivity contribution in [1.29, 1.82) is 0 Å². The summed E-state index contributed by atoms with van der Waals surface area (Å²) in [4.78, 5) is 2.23. The summed E-state index contributed by atoms with van der Waals surface area (Å²) in [5.74, 6) is -1.33. The van der Waals surface area contributed by atoms with Gasteiger partial charge in [0.2, 0.25) is 10.0 Å². The summed E-state index contributed by atoms with van der Waals surface area (Å²) >= 11 is 12.0. The van der Waals surface area contributed by atoms with Crippen LogP contribution in [-0.4, -0.2) is 50.3 Å². The van der Waals surface area contributed by atoms with Crippen LogP contribution < -0.4 is 0 Å². The number of piperazine rings is 1. The number of rotatable bonds is 8. The monoisotopic (exact) mass is 540 g/mol. The van der Waals surface area contributed by atoms with Gasteiger partial charge in [0.15, 0.2) is 0 Å². The fourth-order valence-electron chi connectivity index (χ4n) is 3.95. The SMILES string of the molecule is O=S(=O)(c1cccc(Cl)c1)N1CCN(CC(OCc2c(F)cccc2F)c2ccc(Cl)cc2)CC1. The Labute approximate surface area is 213 Å². The highest BCUT2D eigenvalue weighted by Crippen LogP contribution is 2.26. The molecule has 0 bridgehead atoms. The lowest BCUT2D eigenvalue weighted by Crippen LogP contribution is -2.49. The largest absolute Gasteiger partial charge is 0.367 e. The first-order valence-electron chi connectivity index (χ1n) is 11.0.